The van der Waals surface area contributed by atoms with Gasteiger partial charge in [0.25, 0.3) is 0 Å². The molecule has 0 saturated carbocycles. The van der Waals surface area contributed by atoms with E-state index in [4.69, 9.17) is 4.74 Å². The van der Waals surface area contributed by atoms with Gasteiger partial charge in [-0.05, 0) is 19.1 Å². The zero-order chi connectivity index (χ0) is 14.4. The van der Waals surface area contributed by atoms with Gasteiger partial charge in [0.2, 0.25) is 0 Å². The van der Waals surface area contributed by atoms with Crippen LogP contribution in [0.3, 0.4) is 0 Å². The fraction of sp³-hybridized carbons (Fsp3) is 0.333. The van der Waals surface area contributed by atoms with Gasteiger partial charge in [0.15, 0.2) is 6.29 Å². The molecule has 0 aliphatic carbocycles. The SMILES string of the molecule is CCOC(=O)Cc1cc(Br)c(C=O)cc1OC(F)F. The fourth-order valence-electron chi connectivity index (χ4n) is 1.41. The van der Waals surface area contributed by atoms with E-state index in [0.717, 1.165) is 6.07 Å². The molecule has 0 aliphatic heterocycles. The van der Waals surface area contributed by atoms with Crippen molar-refractivity contribution >= 4 is 28.2 Å². The number of carbonyl (C=O) groups excluding carboxylic acids is 2. The van der Waals surface area contributed by atoms with E-state index in [1.54, 1.807) is 6.92 Å². The van der Waals surface area contributed by atoms with Gasteiger partial charge in [0, 0.05) is 15.6 Å². The van der Waals surface area contributed by atoms with Crippen LogP contribution in [0.1, 0.15) is 22.8 Å². The summed E-state index contributed by atoms with van der Waals surface area (Å²) in [5.41, 5.74) is 0.375. The number of ether oxygens (including phenoxy) is 2. The number of rotatable bonds is 6. The van der Waals surface area contributed by atoms with Crippen LogP contribution in [0.4, 0.5) is 8.78 Å². The highest BCUT2D eigenvalue weighted by Gasteiger charge is 2.16. The molecule has 0 aliphatic rings. The van der Waals surface area contributed by atoms with Gasteiger partial charge >= 0.3 is 12.6 Å². The van der Waals surface area contributed by atoms with Crippen molar-refractivity contribution in [2.45, 2.75) is 20.0 Å². The van der Waals surface area contributed by atoms with Crippen LogP contribution in [0.2, 0.25) is 0 Å². The predicted octanol–water partition coefficient (Wildman–Crippen LogP) is 2.97. The standard InChI is InChI=1S/C12H11BrF2O4/c1-2-18-11(17)5-7-3-9(13)8(6-16)4-10(7)19-12(14)15/h3-4,6,12H,2,5H2,1H3. The van der Waals surface area contributed by atoms with Crippen molar-refractivity contribution in [3.8, 4) is 5.75 Å². The van der Waals surface area contributed by atoms with E-state index < -0.39 is 12.6 Å². The Balaban J connectivity index is 3.08. The van der Waals surface area contributed by atoms with Crippen molar-refractivity contribution < 1.29 is 27.8 Å². The normalized spacial score (nSPS) is 10.4. The third kappa shape index (κ3) is 4.59. The van der Waals surface area contributed by atoms with Gasteiger partial charge in [0.05, 0.1) is 13.0 Å². The summed E-state index contributed by atoms with van der Waals surface area (Å²) in [6, 6.07) is 2.54. The van der Waals surface area contributed by atoms with Crippen molar-refractivity contribution in [2.75, 3.05) is 6.61 Å². The van der Waals surface area contributed by atoms with E-state index in [9.17, 15) is 18.4 Å². The van der Waals surface area contributed by atoms with Gasteiger partial charge in [-0.1, -0.05) is 15.9 Å². The highest BCUT2D eigenvalue weighted by Crippen LogP contribution is 2.28. The van der Waals surface area contributed by atoms with Gasteiger partial charge < -0.3 is 9.47 Å². The Morgan fingerprint density at radius 2 is 2.16 bits per heavy atom. The Morgan fingerprint density at radius 1 is 1.47 bits per heavy atom. The molecule has 1 aromatic carbocycles. The second kappa shape index (κ2) is 7.18. The molecule has 0 amide bonds. The van der Waals surface area contributed by atoms with Crippen LogP contribution in [0, 0.1) is 0 Å². The summed E-state index contributed by atoms with van der Waals surface area (Å²) >= 11 is 3.11. The van der Waals surface area contributed by atoms with Crippen molar-refractivity contribution in [3.63, 3.8) is 0 Å². The van der Waals surface area contributed by atoms with Gasteiger partial charge in [-0.2, -0.15) is 8.78 Å². The quantitative estimate of drug-likeness (QED) is 0.592. The van der Waals surface area contributed by atoms with E-state index in [1.165, 1.54) is 6.07 Å². The summed E-state index contributed by atoms with van der Waals surface area (Å²) in [6.45, 7) is -1.21. The largest absolute Gasteiger partial charge is 0.466 e. The molecule has 0 bridgehead atoms. The van der Waals surface area contributed by atoms with Gasteiger partial charge in [0.1, 0.15) is 5.75 Å². The molecular formula is C12H11BrF2O4. The zero-order valence-electron chi connectivity index (χ0n) is 9.99. The summed E-state index contributed by atoms with van der Waals surface area (Å²) in [5.74, 6) is -0.777. The Bertz CT molecular complexity index is 477. The molecule has 0 atom stereocenters. The molecule has 0 N–H and O–H groups in total. The first-order chi connectivity index (χ1) is 8.97. The van der Waals surface area contributed by atoms with Crippen LogP contribution in [-0.2, 0) is 16.0 Å². The average molecular weight is 337 g/mol. The van der Waals surface area contributed by atoms with Crippen LogP contribution in [-0.4, -0.2) is 25.5 Å². The van der Waals surface area contributed by atoms with E-state index >= 15 is 0 Å². The van der Waals surface area contributed by atoms with Crippen LogP contribution >= 0.6 is 15.9 Å². The minimum atomic E-state index is -3.04. The second-order valence-electron chi connectivity index (χ2n) is 3.46. The van der Waals surface area contributed by atoms with Crippen molar-refractivity contribution in [3.05, 3.63) is 27.7 Å². The van der Waals surface area contributed by atoms with Gasteiger partial charge in [-0.25, -0.2) is 0 Å². The highest BCUT2D eigenvalue weighted by atomic mass is 79.9. The Labute approximate surface area is 116 Å². The van der Waals surface area contributed by atoms with Crippen LogP contribution in [0.25, 0.3) is 0 Å². The molecule has 0 heterocycles. The van der Waals surface area contributed by atoms with Gasteiger partial charge in [-0.3, -0.25) is 9.59 Å². The lowest BCUT2D eigenvalue weighted by Gasteiger charge is -2.12. The second-order valence-corrected chi connectivity index (χ2v) is 4.31. The van der Waals surface area contributed by atoms with E-state index in [1.807, 2.05) is 0 Å². The molecule has 4 nitrogen and oxygen atoms in total. The monoisotopic (exact) mass is 336 g/mol. The average Bonchev–Trinajstić information content (AvgIpc) is 2.32. The Morgan fingerprint density at radius 3 is 2.68 bits per heavy atom. The van der Waals surface area contributed by atoms with E-state index in [0.29, 0.717) is 10.8 Å². The van der Waals surface area contributed by atoms with E-state index in [2.05, 4.69) is 20.7 Å². The number of benzene rings is 1. The number of hydrogen-bond acceptors (Lipinski definition) is 4. The molecule has 19 heavy (non-hydrogen) atoms. The molecule has 0 spiro atoms. The number of esters is 1. The number of halogens is 3. The third-order valence-electron chi connectivity index (χ3n) is 2.16. The number of alkyl halides is 2. The first-order valence-corrected chi connectivity index (χ1v) is 6.15. The molecule has 0 radical (unpaired) electrons. The lowest BCUT2D eigenvalue weighted by molar-refractivity contribution is -0.142. The minimum Gasteiger partial charge on any atom is -0.466 e. The number of hydrogen-bond donors (Lipinski definition) is 0. The summed E-state index contributed by atoms with van der Waals surface area (Å²) in [6.07, 6.45) is 0.282. The topological polar surface area (TPSA) is 52.6 Å². The Kier molecular flexibility index (Phi) is 5.88. The maximum Gasteiger partial charge on any atom is 0.387 e. The molecule has 0 aromatic heterocycles. The first-order valence-electron chi connectivity index (χ1n) is 5.36. The number of carbonyl (C=O) groups is 2. The molecular weight excluding hydrogens is 326 g/mol. The van der Waals surface area contributed by atoms with Crippen molar-refractivity contribution in [1.82, 2.24) is 0 Å². The fourth-order valence-corrected chi connectivity index (χ4v) is 1.90. The minimum absolute atomic E-state index is 0.156. The molecule has 1 rings (SSSR count). The van der Waals surface area contributed by atoms with Gasteiger partial charge in [-0.15, -0.1) is 0 Å². The summed E-state index contributed by atoms with van der Waals surface area (Å²) in [4.78, 5) is 22.1. The summed E-state index contributed by atoms with van der Waals surface area (Å²) in [5, 5.41) is 0. The molecule has 0 saturated heterocycles. The zero-order valence-corrected chi connectivity index (χ0v) is 11.6. The smallest absolute Gasteiger partial charge is 0.387 e. The number of aldehydes is 1. The van der Waals surface area contributed by atoms with Crippen molar-refractivity contribution in [2.24, 2.45) is 0 Å². The van der Waals surface area contributed by atoms with Crippen LogP contribution in [0.5, 0.6) is 5.75 Å². The lowest BCUT2D eigenvalue weighted by Crippen LogP contribution is -2.11. The first kappa shape index (κ1) is 15.6. The highest BCUT2D eigenvalue weighted by molar-refractivity contribution is 9.10. The lowest BCUT2D eigenvalue weighted by atomic mass is 10.1. The third-order valence-corrected chi connectivity index (χ3v) is 2.85. The summed E-state index contributed by atoms with van der Waals surface area (Å²) < 4.78 is 34.0. The maximum atomic E-state index is 12.3. The van der Waals surface area contributed by atoms with Crippen LogP contribution in [0.15, 0.2) is 16.6 Å². The Hall–Kier alpha value is -1.50. The molecule has 0 fully saturated rings. The van der Waals surface area contributed by atoms with Crippen molar-refractivity contribution in [1.29, 1.82) is 0 Å². The van der Waals surface area contributed by atoms with E-state index in [-0.39, 0.29) is 29.9 Å². The summed E-state index contributed by atoms with van der Waals surface area (Å²) in [7, 11) is 0. The van der Waals surface area contributed by atoms with Crippen LogP contribution < -0.4 is 4.74 Å². The molecule has 1 aromatic rings. The molecule has 0 unspecified atom stereocenters. The maximum absolute atomic E-state index is 12.3. The molecule has 104 valence electrons. The molecule has 7 heteroatoms. The predicted molar refractivity (Wildman–Crippen MR) is 66.5 cm³/mol.